The zero-order valence-corrected chi connectivity index (χ0v) is 11.4. The highest BCUT2D eigenvalue weighted by atomic mass is 19.2. The van der Waals surface area contributed by atoms with E-state index in [0.29, 0.717) is 0 Å². The average molecular weight is 365 g/mol. The van der Waals surface area contributed by atoms with Crippen LogP contribution in [0.1, 0.15) is 20.7 Å². The molecule has 2 aromatic rings. The number of carbonyl (C=O) groups is 2. The highest BCUT2D eigenvalue weighted by molar-refractivity contribution is 6.34. The Bertz CT molecular complexity index is 946. The number of pyridine rings is 1. The van der Waals surface area contributed by atoms with Crippen LogP contribution < -0.4 is 10.6 Å². The zero-order chi connectivity index (χ0) is 18.8. The molecule has 0 fully saturated rings. The van der Waals surface area contributed by atoms with E-state index in [9.17, 15) is 40.3 Å². The SMILES string of the molecule is Nc1c(F)c(F)nc(N2C(=O)c3c(F)c(F)c(F)c(F)c3C2=O)c1F. The van der Waals surface area contributed by atoms with Crippen molar-refractivity contribution < 1.29 is 40.3 Å². The van der Waals surface area contributed by atoms with Gasteiger partial charge in [0.15, 0.2) is 34.9 Å². The lowest BCUT2D eigenvalue weighted by atomic mass is 10.1. The first-order chi connectivity index (χ1) is 11.6. The number of nitrogens with two attached hydrogens (primary N) is 1. The molecule has 0 aliphatic carbocycles. The monoisotopic (exact) mass is 365 g/mol. The van der Waals surface area contributed by atoms with Gasteiger partial charge in [0.1, 0.15) is 5.69 Å². The number of fused-ring (bicyclic) bond motifs is 1. The molecule has 1 aromatic heterocycles. The number of rotatable bonds is 1. The van der Waals surface area contributed by atoms with Gasteiger partial charge in [0.2, 0.25) is 5.82 Å². The van der Waals surface area contributed by atoms with Gasteiger partial charge in [-0.05, 0) is 0 Å². The number of halogens is 7. The number of imide groups is 1. The Morgan fingerprint density at radius 2 is 1.12 bits per heavy atom. The van der Waals surface area contributed by atoms with Crippen molar-refractivity contribution >= 4 is 23.3 Å². The number of carbonyl (C=O) groups excluding carboxylic acids is 2. The molecule has 2 amide bonds. The lowest BCUT2D eigenvalue weighted by Crippen LogP contribution is -2.32. The fourth-order valence-electron chi connectivity index (χ4n) is 2.21. The predicted octanol–water partition coefficient (Wildman–Crippen LogP) is 2.44. The molecule has 2 heterocycles. The molecule has 0 saturated carbocycles. The van der Waals surface area contributed by atoms with Gasteiger partial charge in [0.25, 0.3) is 17.8 Å². The molecular weight excluding hydrogens is 363 g/mol. The van der Waals surface area contributed by atoms with Gasteiger partial charge in [-0.1, -0.05) is 0 Å². The number of hydrogen-bond acceptors (Lipinski definition) is 4. The lowest BCUT2D eigenvalue weighted by molar-refractivity contribution is 0.0921. The van der Waals surface area contributed by atoms with Crippen LogP contribution in [0.4, 0.5) is 42.2 Å². The number of nitrogen functional groups attached to an aromatic ring is 1. The van der Waals surface area contributed by atoms with Crippen molar-refractivity contribution in [1.29, 1.82) is 0 Å². The van der Waals surface area contributed by atoms with Gasteiger partial charge in [-0.15, -0.1) is 0 Å². The van der Waals surface area contributed by atoms with Crippen LogP contribution in [0.3, 0.4) is 0 Å². The van der Waals surface area contributed by atoms with E-state index in [4.69, 9.17) is 5.73 Å². The predicted molar refractivity (Wildman–Crippen MR) is 65.9 cm³/mol. The second-order valence-electron chi connectivity index (χ2n) is 4.72. The van der Waals surface area contributed by atoms with E-state index in [1.54, 1.807) is 0 Å². The second kappa shape index (κ2) is 5.16. The number of nitrogens with zero attached hydrogens (tertiary/aromatic N) is 2. The van der Waals surface area contributed by atoms with Crippen LogP contribution in [0, 0.1) is 40.9 Å². The number of amides is 2. The summed E-state index contributed by atoms with van der Waals surface area (Å²) >= 11 is 0. The third-order valence-electron chi connectivity index (χ3n) is 3.37. The van der Waals surface area contributed by atoms with Crippen LogP contribution in [0.2, 0.25) is 0 Å². The van der Waals surface area contributed by atoms with Crippen LogP contribution in [0.25, 0.3) is 0 Å². The van der Waals surface area contributed by atoms with E-state index in [1.807, 2.05) is 0 Å². The third kappa shape index (κ3) is 1.99. The molecule has 1 aliphatic heterocycles. The Kier molecular flexibility index (Phi) is 3.44. The molecular formula is C13H2F7N3O2. The topological polar surface area (TPSA) is 76.3 Å². The molecule has 130 valence electrons. The van der Waals surface area contributed by atoms with Crippen molar-refractivity contribution in [2.24, 2.45) is 0 Å². The highest BCUT2D eigenvalue weighted by Gasteiger charge is 2.46. The Morgan fingerprint density at radius 1 is 0.680 bits per heavy atom. The molecule has 3 rings (SSSR count). The molecule has 0 unspecified atom stereocenters. The van der Waals surface area contributed by atoms with Gasteiger partial charge >= 0.3 is 0 Å². The van der Waals surface area contributed by atoms with E-state index in [1.165, 1.54) is 0 Å². The quantitative estimate of drug-likeness (QED) is 0.277. The number of anilines is 2. The highest BCUT2D eigenvalue weighted by Crippen LogP contribution is 2.36. The van der Waals surface area contributed by atoms with Crippen LogP contribution in [0.15, 0.2) is 0 Å². The third-order valence-corrected chi connectivity index (χ3v) is 3.37. The standard InChI is InChI=1S/C13H2F7N3O2/c14-3-1-2(4(15)6(17)5(3)16)13(25)23(12(1)24)11-8(19)9(21)7(18)10(20)22-11/h(H2,21,22). The molecule has 12 heteroatoms. The summed E-state index contributed by atoms with van der Waals surface area (Å²) in [6.07, 6.45) is 0. The fourth-order valence-corrected chi connectivity index (χ4v) is 2.21. The minimum atomic E-state index is -2.39. The summed E-state index contributed by atoms with van der Waals surface area (Å²) in [5.74, 6) is -20.3. The first-order valence-corrected chi connectivity index (χ1v) is 6.14. The van der Waals surface area contributed by atoms with Gasteiger partial charge < -0.3 is 5.73 Å². The van der Waals surface area contributed by atoms with Crippen LogP contribution in [0.5, 0.6) is 0 Å². The van der Waals surface area contributed by atoms with E-state index >= 15 is 0 Å². The van der Waals surface area contributed by atoms with Gasteiger partial charge in [-0.2, -0.15) is 13.8 Å². The van der Waals surface area contributed by atoms with Crippen molar-refractivity contribution in [3.8, 4) is 0 Å². The van der Waals surface area contributed by atoms with Crippen molar-refractivity contribution in [2.75, 3.05) is 10.6 Å². The number of hydrogen-bond donors (Lipinski definition) is 1. The molecule has 0 saturated heterocycles. The maximum atomic E-state index is 13.9. The molecule has 25 heavy (non-hydrogen) atoms. The van der Waals surface area contributed by atoms with Gasteiger partial charge in [0, 0.05) is 0 Å². The summed E-state index contributed by atoms with van der Waals surface area (Å²) in [7, 11) is 0. The molecule has 0 bridgehead atoms. The van der Waals surface area contributed by atoms with Crippen molar-refractivity contribution in [3.63, 3.8) is 0 Å². The molecule has 0 radical (unpaired) electrons. The van der Waals surface area contributed by atoms with Gasteiger partial charge in [-0.25, -0.2) is 26.9 Å². The maximum absolute atomic E-state index is 13.9. The van der Waals surface area contributed by atoms with Gasteiger partial charge in [-0.3, -0.25) is 9.59 Å². The minimum absolute atomic E-state index is 0.413. The van der Waals surface area contributed by atoms with E-state index in [2.05, 4.69) is 4.98 Å². The van der Waals surface area contributed by atoms with Crippen molar-refractivity contribution in [2.45, 2.75) is 0 Å². The number of benzene rings is 1. The Balaban J connectivity index is 2.30. The van der Waals surface area contributed by atoms with Crippen molar-refractivity contribution in [3.05, 3.63) is 52.0 Å². The summed E-state index contributed by atoms with van der Waals surface area (Å²) in [4.78, 5) is 26.3. The number of aromatic nitrogens is 1. The second-order valence-corrected chi connectivity index (χ2v) is 4.72. The summed E-state index contributed by atoms with van der Waals surface area (Å²) in [6, 6.07) is 0. The molecule has 0 atom stereocenters. The molecule has 5 nitrogen and oxygen atoms in total. The smallest absolute Gasteiger partial charge is 0.270 e. The average Bonchev–Trinajstić information content (AvgIpc) is 2.83. The fraction of sp³-hybridized carbons (Fsp3) is 0. The van der Waals surface area contributed by atoms with E-state index < -0.39 is 80.2 Å². The lowest BCUT2D eigenvalue weighted by Gasteiger charge is -2.14. The summed E-state index contributed by atoms with van der Waals surface area (Å²) in [5.41, 5.74) is 0.333. The van der Waals surface area contributed by atoms with Gasteiger partial charge in [0.05, 0.1) is 11.1 Å². The van der Waals surface area contributed by atoms with E-state index in [-0.39, 0.29) is 0 Å². The summed E-state index contributed by atoms with van der Waals surface area (Å²) < 4.78 is 94.3. The largest absolute Gasteiger partial charge is 0.394 e. The first kappa shape index (κ1) is 16.7. The molecule has 2 N–H and O–H groups in total. The normalized spacial score (nSPS) is 13.6. The Hall–Kier alpha value is -3.18. The van der Waals surface area contributed by atoms with E-state index in [0.717, 1.165) is 0 Å². The zero-order valence-electron chi connectivity index (χ0n) is 11.4. The minimum Gasteiger partial charge on any atom is -0.394 e. The molecule has 1 aromatic carbocycles. The molecule has 0 spiro atoms. The maximum Gasteiger partial charge on any atom is 0.270 e. The Labute approximate surface area is 132 Å². The summed E-state index contributed by atoms with van der Waals surface area (Å²) in [5, 5.41) is 0. The van der Waals surface area contributed by atoms with Crippen molar-refractivity contribution in [1.82, 2.24) is 4.98 Å². The van der Waals surface area contributed by atoms with Crippen LogP contribution in [-0.4, -0.2) is 16.8 Å². The first-order valence-electron chi connectivity index (χ1n) is 6.14. The Morgan fingerprint density at radius 3 is 1.56 bits per heavy atom. The molecule has 1 aliphatic rings. The van der Waals surface area contributed by atoms with Crippen LogP contribution in [-0.2, 0) is 0 Å². The summed E-state index contributed by atoms with van der Waals surface area (Å²) in [6.45, 7) is 0. The van der Waals surface area contributed by atoms with Crippen LogP contribution >= 0.6 is 0 Å².